The molecule has 10 nitrogen and oxygen atoms in total. The van der Waals surface area contributed by atoms with Crippen LogP contribution in [0.5, 0.6) is 0 Å². The van der Waals surface area contributed by atoms with Gasteiger partial charge in [0.2, 0.25) is 23.6 Å². The van der Waals surface area contributed by atoms with Crippen LogP contribution in [-0.4, -0.2) is 77.7 Å². The molecule has 0 unspecified atom stereocenters. The van der Waals surface area contributed by atoms with E-state index in [-0.39, 0.29) is 36.0 Å². The lowest BCUT2D eigenvalue weighted by Gasteiger charge is -2.39. The molecule has 41 heavy (non-hydrogen) atoms. The molecule has 3 fully saturated rings. The minimum absolute atomic E-state index is 0.106. The van der Waals surface area contributed by atoms with E-state index in [1.54, 1.807) is 4.90 Å². The van der Waals surface area contributed by atoms with Crippen molar-refractivity contribution in [1.29, 1.82) is 0 Å². The first kappa shape index (κ1) is 30.7. The highest BCUT2D eigenvalue weighted by molar-refractivity contribution is 5.97. The second kappa shape index (κ2) is 14.6. The third-order valence-electron chi connectivity index (χ3n) is 8.52. The Morgan fingerprint density at radius 2 is 1.66 bits per heavy atom. The molecule has 3 saturated heterocycles. The number of hydrogen-bond acceptors (Lipinski definition) is 6. The van der Waals surface area contributed by atoms with E-state index in [9.17, 15) is 24.0 Å². The van der Waals surface area contributed by atoms with Crippen LogP contribution in [-0.2, 0) is 35.1 Å². The molecule has 0 aromatic heterocycles. The summed E-state index contributed by atoms with van der Waals surface area (Å²) in [5.74, 6) is -1.48. The molecule has 0 aliphatic carbocycles. The van der Waals surface area contributed by atoms with Gasteiger partial charge in [-0.2, -0.15) is 0 Å². The van der Waals surface area contributed by atoms with Gasteiger partial charge in [0.1, 0.15) is 30.3 Å². The smallest absolute Gasteiger partial charge is 0.246 e. The normalized spacial score (nSPS) is 27.9. The molecule has 0 bridgehead atoms. The number of unbranched alkanes of at least 4 members (excludes halogenated alkanes) is 2. The van der Waals surface area contributed by atoms with Crippen molar-refractivity contribution in [2.24, 2.45) is 5.92 Å². The highest BCUT2D eigenvalue weighted by Crippen LogP contribution is 2.22. The maximum absolute atomic E-state index is 13.9. The Morgan fingerprint density at radius 3 is 2.37 bits per heavy atom. The molecule has 10 heteroatoms. The van der Waals surface area contributed by atoms with Gasteiger partial charge in [-0.25, -0.2) is 0 Å². The van der Waals surface area contributed by atoms with Crippen molar-refractivity contribution in [2.45, 2.75) is 108 Å². The van der Waals surface area contributed by atoms with Crippen LogP contribution in [0, 0.1) is 5.92 Å². The van der Waals surface area contributed by atoms with Crippen molar-refractivity contribution in [3.8, 4) is 0 Å². The highest BCUT2D eigenvalue weighted by atomic mass is 16.6. The summed E-state index contributed by atoms with van der Waals surface area (Å²) in [6, 6.07) is 6.13. The number of Topliss-reactive ketones (excluding diaryl/α,β-unsaturated/α-hetero) is 1. The van der Waals surface area contributed by atoms with Crippen LogP contribution in [0.25, 0.3) is 0 Å². The van der Waals surface area contributed by atoms with Crippen LogP contribution >= 0.6 is 0 Å². The fourth-order valence-corrected chi connectivity index (χ4v) is 5.67. The average molecular weight is 569 g/mol. The van der Waals surface area contributed by atoms with Crippen LogP contribution < -0.4 is 16.0 Å². The van der Waals surface area contributed by atoms with Crippen LogP contribution in [0.1, 0.15) is 77.2 Å². The third-order valence-corrected chi connectivity index (χ3v) is 8.52. The molecule has 6 atom stereocenters. The van der Waals surface area contributed by atoms with Gasteiger partial charge in [-0.3, -0.25) is 24.0 Å². The lowest BCUT2D eigenvalue weighted by atomic mass is 9.93. The van der Waals surface area contributed by atoms with Crippen LogP contribution in [0.4, 0.5) is 0 Å². The van der Waals surface area contributed by atoms with Gasteiger partial charge in [0, 0.05) is 19.4 Å². The number of carbonyl (C=O) groups excluding carboxylic acids is 5. The lowest BCUT2D eigenvalue weighted by Crippen LogP contribution is -2.64. The number of hydrogen-bond donors (Lipinski definition) is 3. The van der Waals surface area contributed by atoms with Crippen molar-refractivity contribution >= 4 is 29.4 Å². The van der Waals surface area contributed by atoms with Gasteiger partial charge >= 0.3 is 0 Å². The molecule has 3 aliphatic heterocycles. The number of carbonyl (C=O) groups is 5. The number of ether oxygens (including phenoxy) is 1. The van der Waals surface area contributed by atoms with E-state index in [2.05, 4.69) is 16.0 Å². The van der Waals surface area contributed by atoms with Gasteiger partial charge in [-0.15, -0.1) is 0 Å². The van der Waals surface area contributed by atoms with E-state index in [1.165, 1.54) is 0 Å². The van der Waals surface area contributed by atoms with Crippen molar-refractivity contribution < 1.29 is 28.7 Å². The van der Waals surface area contributed by atoms with E-state index in [1.807, 2.05) is 44.2 Å². The Morgan fingerprint density at radius 1 is 0.951 bits per heavy atom. The monoisotopic (exact) mass is 568 g/mol. The summed E-state index contributed by atoms with van der Waals surface area (Å²) in [6.45, 7) is 4.82. The van der Waals surface area contributed by atoms with E-state index >= 15 is 0 Å². The summed E-state index contributed by atoms with van der Waals surface area (Å²) in [4.78, 5) is 68.3. The first-order valence-corrected chi connectivity index (χ1v) is 15.2. The maximum atomic E-state index is 13.9. The second-order valence-electron chi connectivity index (χ2n) is 11.6. The Labute approximate surface area is 242 Å². The van der Waals surface area contributed by atoms with Gasteiger partial charge in [0.15, 0.2) is 5.78 Å². The Balaban J connectivity index is 1.55. The summed E-state index contributed by atoms with van der Waals surface area (Å²) >= 11 is 0. The number of epoxide rings is 1. The topological polar surface area (TPSA) is 137 Å². The molecule has 0 spiro atoms. The van der Waals surface area contributed by atoms with E-state index in [0.717, 1.165) is 24.8 Å². The Kier molecular flexibility index (Phi) is 10.9. The predicted octanol–water partition coefficient (Wildman–Crippen LogP) is 2.04. The minimum Gasteiger partial charge on any atom is -0.365 e. The van der Waals surface area contributed by atoms with Gasteiger partial charge in [0.05, 0.1) is 6.61 Å². The zero-order valence-corrected chi connectivity index (χ0v) is 24.2. The molecule has 3 aliphatic rings. The third kappa shape index (κ3) is 8.38. The zero-order chi connectivity index (χ0) is 29.4. The lowest BCUT2D eigenvalue weighted by molar-refractivity contribution is -0.147. The van der Waals surface area contributed by atoms with Crippen LogP contribution in [0.2, 0.25) is 0 Å². The Bertz CT molecular complexity index is 1090. The highest BCUT2D eigenvalue weighted by Gasteiger charge is 2.40. The molecule has 3 heterocycles. The average Bonchev–Trinajstić information content (AvgIpc) is 3.83. The number of benzene rings is 1. The summed E-state index contributed by atoms with van der Waals surface area (Å²) < 4.78 is 5.04. The van der Waals surface area contributed by atoms with Crippen molar-refractivity contribution in [1.82, 2.24) is 20.9 Å². The largest absolute Gasteiger partial charge is 0.365 e. The van der Waals surface area contributed by atoms with E-state index < -0.39 is 36.0 Å². The number of piperidine rings is 1. The van der Waals surface area contributed by atoms with Gasteiger partial charge in [-0.05, 0) is 43.6 Å². The number of nitrogens with one attached hydrogen (secondary N) is 3. The molecule has 1 aromatic carbocycles. The van der Waals surface area contributed by atoms with Gasteiger partial charge < -0.3 is 25.6 Å². The Hall–Kier alpha value is -3.27. The molecule has 3 N–H and O–H groups in total. The number of nitrogens with zero attached hydrogens (tertiary/aromatic N) is 1. The molecule has 0 saturated carbocycles. The number of fused-ring (bicyclic) bond motifs is 1. The molecule has 4 amide bonds. The molecule has 1 aromatic rings. The molecule has 4 rings (SSSR count). The molecular formula is C31H44N4O6. The maximum Gasteiger partial charge on any atom is 0.246 e. The second-order valence-corrected chi connectivity index (χ2v) is 11.6. The zero-order valence-electron chi connectivity index (χ0n) is 24.2. The first-order valence-electron chi connectivity index (χ1n) is 15.2. The standard InChI is InChI=1S/C31H44N4O6/c1-3-20(2)27-31(40)35-17-11-10-15-24(35)30(39)32-22(14-8-5-9-16-25(36)26-19-41-26)28(37)33-23(29(38)34-27)18-21-12-6-4-7-13-21/h4,6-7,12-13,20,22-24,26-27H,3,5,8-11,14-19H2,1-2H3,(H,32,39)(H,33,37)(H,34,38)/t20-,22-,23+,24-,26-,27-/m1/s1. The summed E-state index contributed by atoms with van der Waals surface area (Å²) in [7, 11) is 0. The van der Waals surface area contributed by atoms with Crippen LogP contribution in [0.15, 0.2) is 30.3 Å². The number of ketones is 1. The predicted molar refractivity (Wildman–Crippen MR) is 153 cm³/mol. The summed E-state index contributed by atoms with van der Waals surface area (Å²) in [6.07, 6.45) is 5.57. The van der Waals surface area contributed by atoms with Gasteiger partial charge in [-0.1, -0.05) is 63.4 Å². The molecule has 0 radical (unpaired) electrons. The summed E-state index contributed by atoms with van der Waals surface area (Å²) in [5, 5.41) is 8.77. The van der Waals surface area contributed by atoms with Crippen LogP contribution in [0.3, 0.4) is 0 Å². The number of rotatable bonds is 11. The fraction of sp³-hybridized carbons (Fsp3) is 0.645. The van der Waals surface area contributed by atoms with Crippen molar-refractivity contribution in [2.75, 3.05) is 13.2 Å². The number of amides is 4. The molecular weight excluding hydrogens is 524 g/mol. The summed E-state index contributed by atoms with van der Waals surface area (Å²) in [5.41, 5.74) is 0.868. The SMILES string of the molecule is CC[C@@H](C)[C@H]1NC(=O)[C@H](Cc2ccccc2)NC(=O)[C@@H](CCCCCC(=O)[C@H]2CO2)NC(=O)[C@H]2CCCCN2C1=O. The van der Waals surface area contributed by atoms with E-state index in [0.29, 0.717) is 51.7 Å². The fourth-order valence-electron chi connectivity index (χ4n) is 5.67. The first-order chi connectivity index (χ1) is 19.8. The minimum atomic E-state index is -0.920. The molecule has 224 valence electrons. The van der Waals surface area contributed by atoms with Crippen molar-refractivity contribution in [3.63, 3.8) is 0 Å². The quantitative estimate of drug-likeness (QED) is 0.276. The van der Waals surface area contributed by atoms with E-state index in [4.69, 9.17) is 4.74 Å². The van der Waals surface area contributed by atoms with Gasteiger partial charge in [0.25, 0.3) is 0 Å². The van der Waals surface area contributed by atoms with Crippen molar-refractivity contribution in [3.05, 3.63) is 35.9 Å².